The second-order valence-electron chi connectivity index (χ2n) is 7.22. The third-order valence-electron chi connectivity index (χ3n) is 4.67. The number of halogens is 1. The SMILES string of the molecule is CCNCC1CCN(C(=O)Cc2ccc(CC(C)C)cc2)CC1.Cl. The van der Waals surface area contributed by atoms with Gasteiger partial charge in [0.2, 0.25) is 5.91 Å². The number of hydrogen-bond donors (Lipinski definition) is 1. The summed E-state index contributed by atoms with van der Waals surface area (Å²) >= 11 is 0. The van der Waals surface area contributed by atoms with E-state index in [1.165, 1.54) is 5.56 Å². The van der Waals surface area contributed by atoms with Crippen molar-refractivity contribution in [2.45, 2.75) is 46.5 Å². The van der Waals surface area contributed by atoms with Crippen molar-refractivity contribution in [2.24, 2.45) is 11.8 Å². The molecule has 1 amide bonds. The van der Waals surface area contributed by atoms with Gasteiger partial charge in [0.1, 0.15) is 0 Å². The topological polar surface area (TPSA) is 32.3 Å². The molecular weight excluding hydrogens is 320 g/mol. The van der Waals surface area contributed by atoms with E-state index in [0.29, 0.717) is 12.3 Å². The number of benzene rings is 1. The molecule has 1 aromatic rings. The van der Waals surface area contributed by atoms with Gasteiger partial charge in [-0.05, 0) is 55.3 Å². The molecule has 0 aliphatic carbocycles. The molecule has 1 fully saturated rings. The van der Waals surface area contributed by atoms with E-state index in [2.05, 4.69) is 50.4 Å². The fourth-order valence-corrected chi connectivity index (χ4v) is 3.29. The molecule has 0 radical (unpaired) electrons. The van der Waals surface area contributed by atoms with Crippen LogP contribution in [0.5, 0.6) is 0 Å². The lowest BCUT2D eigenvalue weighted by molar-refractivity contribution is -0.131. The van der Waals surface area contributed by atoms with E-state index in [1.54, 1.807) is 0 Å². The van der Waals surface area contributed by atoms with Gasteiger partial charge < -0.3 is 10.2 Å². The van der Waals surface area contributed by atoms with Crippen LogP contribution >= 0.6 is 12.4 Å². The summed E-state index contributed by atoms with van der Waals surface area (Å²) in [5, 5.41) is 3.42. The maximum atomic E-state index is 12.5. The van der Waals surface area contributed by atoms with Gasteiger partial charge in [-0.2, -0.15) is 0 Å². The van der Waals surface area contributed by atoms with Gasteiger partial charge in [-0.25, -0.2) is 0 Å². The van der Waals surface area contributed by atoms with Gasteiger partial charge in [0.15, 0.2) is 0 Å². The van der Waals surface area contributed by atoms with Crippen LogP contribution in [-0.2, 0) is 17.6 Å². The lowest BCUT2D eigenvalue weighted by Gasteiger charge is -2.32. The van der Waals surface area contributed by atoms with E-state index < -0.39 is 0 Å². The van der Waals surface area contributed by atoms with E-state index in [1.807, 2.05) is 4.90 Å². The lowest BCUT2D eigenvalue weighted by atomic mass is 9.96. The Morgan fingerprint density at radius 2 is 1.75 bits per heavy atom. The van der Waals surface area contributed by atoms with Crippen LogP contribution in [-0.4, -0.2) is 37.0 Å². The highest BCUT2D eigenvalue weighted by Gasteiger charge is 2.22. The number of piperidine rings is 1. The van der Waals surface area contributed by atoms with Crippen LogP contribution in [0.3, 0.4) is 0 Å². The molecule has 0 atom stereocenters. The fraction of sp³-hybridized carbons (Fsp3) is 0.650. The summed E-state index contributed by atoms with van der Waals surface area (Å²) in [5.41, 5.74) is 2.50. The van der Waals surface area contributed by atoms with Gasteiger partial charge in [-0.15, -0.1) is 12.4 Å². The van der Waals surface area contributed by atoms with Crippen LogP contribution in [0.25, 0.3) is 0 Å². The van der Waals surface area contributed by atoms with Gasteiger partial charge in [-0.1, -0.05) is 45.0 Å². The quantitative estimate of drug-likeness (QED) is 0.811. The first kappa shape index (κ1) is 21.0. The molecule has 1 aliphatic heterocycles. The number of carbonyl (C=O) groups is 1. The molecule has 4 heteroatoms. The summed E-state index contributed by atoms with van der Waals surface area (Å²) in [6.45, 7) is 10.6. The number of carbonyl (C=O) groups excluding carboxylic acids is 1. The van der Waals surface area contributed by atoms with Gasteiger partial charge in [0.05, 0.1) is 6.42 Å². The number of nitrogens with one attached hydrogen (secondary N) is 1. The highest BCUT2D eigenvalue weighted by atomic mass is 35.5. The Kier molecular flexibility index (Phi) is 9.38. The van der Waals surface area contributed by atoms with Crippen LogP contribution < -0.4 is 5.32 Å². The molecule has 0 spiro atoms. The minimum Gasteiger partial charge on any atom is -0.342 e. The summed E-state index contributed by atoms with van der Waals surface area (Å²) < 4.78 is 0. The predicted octanol–water partition coefficient (Wildman–Crippen LogP) is 3.70. The molecule has 2 rings (SSSR count). The van der Waals surface area contributed by atoms with Crippen LogP contribution in [0.1, 0.15) is 44.7 Å². The fourth-order valence-electron chi connectivity index (χ4n) is 3.29. The Balaban J connectivity index is 0.00000288. The molecule has 136 valence electrons. The Bertz CT molecular complexity index is 479. The van der Waals surface area contributed by atoms with Crippen molar-refractivity contribution in [1.29, 1.82) is 0 Å². The standard InChI is InChI=1S/C20H32N2O.ClH/c1-4-21-15-19-9-11-22(12-10-19)20(23)14-18-7-5-17(6-8-18)13-16(2)3;/h5-8,16,19,21H,4,9-15H2,1-3H3;1H. The zero-order valence-corrected chi connectivity index (χ0v) is 16.2. The summed E-state index contributed by atoms with van der Waals surface area (Å²) in [5.74, 6) is 1.68. The summed E-state index contributed by atoms with van der Waals surface area (Å²) in [7, 11) is 0. The molecular formula is C20H33ClN2O. The molecule has 1 heterocycles. The van der Waals surface area contributed by atoms with Crippen LogP contribution in [0.15, 0.2) is 24.3 Å². The average Bonchev–Trinajstić information content (AvgIpc) is 2.54. The summed E-state index contributed by atoms with van der Waals surface area (Å²) in [6, 6.07) is 8.58. The molecule has 0 aromatic heterocycles. The smallest absolute Gasteiger partial charge is 0.226 e. The number of rotatable bonds is 7. The minimum absolute atomic E-state index is 0. The molecule has 0 bridgehead atoms. The Labute approximate surface area is 153 Å². The van der Waals surface area contributed by atoms with Gasteiger partial charge >= 0.3 is 0 Å². The molecule has 1 N–H and O–H groups in total. The minimum atomic E-state index is 0. The van der Waals surface area contributed by atoms with E-state index in [9.17, 15) is 4.79 Å². The van der Waals surface area contributed by atoms with Crippen molar-refractivity contribution >= 4 is 18.3 Å². The molecule has 3 nitrogen and oxygen atoms in total. The average molecular weight is 353 g/mol. The van der Waals surface area contributed by atoms with Crippen molar-refractivity contribution < 1.29 is 4.79 Å². The molecule has 0 saturated carbocycles. The number of nitrogens with zero attached hydrogens (tertiary/aromatic N) is 1. The molecule has 1 aliphatic rings. The van der Waals surface area contributed by atoms with E-state index >= 15 is 0 Å². The first-order chi connectivity index (χ1) is 11.1. The Morgan fingerprint density at radius 1 is 1.17 bits per heavy atom. The van der Waals surface area contributed by atoms with Crippen LogP contribution in [0.2, 0.25) is 0 Å². The van der Waals surface area contributed by atoms with Crippen molar-refractivity contribution in [3.05, 3.63) is 35.4 Å². The third-order valence-corrected chi connectivity index (χ3v) is 4.67. The maximum Gasteiger partial charge on any atom is 0.226 e. The lowest BCUT2D eigenvalue weighted by Crippen LogP contribution is -2.41. The zero-order valence-electron chi connectivity index (χ0n) is 15.4. The Morgan fingerprint density at radius 3 is 2.29 bits per heavy atom. The number of likely N-dealkylation sites (tertiary alicyclic amines) is 1. The monoisotopic (exact) mass is 352 g/mol. The molecule has 1 saturated heterocycles. The van der Waals surface area contributed by atoms with Crippen molar-refractivity contribution in [2.75, 3.05) is 26.2 Å². The normalized spacial score (nSPS) is 15.4. The van der Waals surface area contributed by atoms with E-state index in [-0.39, 0.29) is 18.3 Å². The maximum absolute atomic E-state index is 12.5. The third kappa shape index (κ3) is 6.82. The molecule has 1 aromatic carbocycles. The number of amides is 1. The van der Waals surface area contributed by atoms with Crippen LogP contribution in [0.4, 0.5) is 0 Å². The van der Waals surface area contributed by atoms with Crippen molar-refractivity contribution in [3.63, 3.8) is 0 Å². The predicted molar refractivity (Wildman–Crippen MR) is 104 cm³/mol. The second kappa shape index (κ2) is 10.7. The number of hydrogen-bond acceptors (Lipinski definition) is 2. The van der Waals surface area contributed by atoms with Gasteiger partial charge in [-0.3, -0.25) is 4.79 Å². The largest absolute Gasteiger partial charge is 0.342 e. The zero-order chi connectivity index (χ0) is 16.7. The first-order valence-corrected chi connectivity index (χ1v) is 9.14. The van der Waals surface area contributed by atoms with Gasteiger partial charge in [0.25, 0.3) is 0 Å². The molecule has 24 heavy (non-hydrogen) atoms. The van der Waals surface area contributed by atoms with Gasteiger partial charge in [0, 0.05) is 13.1 Å². The highest BCUT2D eigenvalue weighted by Crippen LogP contribution is 2.18. The summed E-state index contributed by atoms with van der Waals surface area (Å²) in [4.78, 5) is 14.5. The summed E-state index contributed by atoms with van der Waals surface area (Å²) in [6.07, 6.45) is 3.91. The van der Waals surface area contributed by atoms with E-state index in [0.717, 1.165) is 56.9 Å². The highest BCUT2D eigenvalue weighted by molar-refractivity contribution is 5.85. The molecule has 0 unspecified atom stereocenters. The van der Waals surface area contributed by atoms with Crippen molar-refractivity contribution in [3.8, 4) is 0 Å². The van der Waals surface area contributed by atoms with Crippen LogP contribution in [0, 0.1) is 11.8 Å². The second-order valence-corrected chi connectivity index (χ2v) is 7.22. The van der Waals surface area contributed by atoms with Crippen molar-refractivity contribution in [1.82, 2.24) is 10.2 Å². The first-order valence-electron chi connectivity index (χ1n) is 9.14. The Hall–Kier alpha value is -1.06. The van der Waals surface area contributed by atoms with E-state index in [4.69, 9.17) is 0 Å².